The largest absolute Gasteiger partial charge is 0.0882 e. The van der Waals surface area contributed by atoms with Crippen LogP contribution >= 0.6 is 0 Å². The van der Waals surface area contributed by atoms with E-state index in [1.807, 2.05) is 0 Å². The van der Waals surface area contributed by atoms with Gasteiger partial charge in [-0.2, -0.15) is 0 Å². The van der Waals surface area contributed by atoms with Gasteiger partial charge in [-0.15, -0.1) is 0 Å². The van der Waals surface area contributed by atoms with Gasteiger partial charge in [-0.1, -0.05) is 36.5 Å². The average molecular weight is 188 g/mol. The second kappa shape index (κ2) is 5.19. The lowest BCUT2D eigenvalue weighted by atomic mass is 9.83. The van der Waals surface area contributed by atoms with Gasteiger partial charge in [0.2, 0.25) is 0 Å². The summed E-state index contributed by atoms with van der Waals surface area (Å²) < 4.78 is 0. The predicted molar refractivity (Wildman–Crippen MR) is 62.1 cm³/mol. The second-order valence-electron chi connectivity index (χ2n) is 4.39. The molecule has 0 heterocycles. The third-order valence-corrected chi connectivity index (χ3v) is 3.25. The molecule has 0 aliphatic heterocycles. The minimum atomic E-state index is 0.679. The Labute approximate surface area is 87.4 Å². The van der Waals surface area contributed by atoms with Gasteiger partial charge in [0.15, 0.2) is 0 Å². The Morgan fingerprint density at radius 2 is 1.36 bits per heavy atom. The molecule has 0 saturated heterocycles. The summed E-state index contributed by atoms with van der Waals surface area (Å²) >= 11 is 0. The molecule has 2 aliphatic rings. The smallest absolute Gasteiger partial charge is 0.000947 e. The number of fused-ring (bicyclic) bond motifs is 1. The quantitative estimate of drug-likeness (QED) is 0.498. The zero-order valence-corrected chi connectivity index (χ0v) is 8.86. The van der Waals surface area contributed by atoms with Crippen molar-refractivity contribution in [2.75, 3.05) is 0 Å². The minimum absolute atomic E-state index is 0.679. The molecule has 0 amide bonds. The topological polar surface area (TPSA) is 0 Å². The first-order valence-corrected chi connectivity index (χ1v) is 5.97. The average Bonchev–Trinajstić information content (AvgIpc) is 2.25. The third kappa shape index (κ3) is 2.60. The fourth-order valence-corrected chi connectivity index (χ4v) is 2.36. The summed E-state index contributed by atoms with van der Waals surface area (Å²) in [6.07, 6.45) is 22.2. The highest BCUT2D eigenvalue weighted by Gasteiger charge is 2.16. The molecule has 0 N–H and O–H groups in total. The molecule has 0 spiro atoms. The molecule has 2 aliphatic carbocycles. The number of rotatable bonds is 0. The zero-order valence-electron chi connectivity index (χ0n) is 8.86. The lowest BCUT2D eigenvalue weighted by Gasteiger charge is -2.22. The second-order valence-corrected chi connectivity index (χ2v) is 4.39. The molecule has 0 bridgehead atoms. The van der Waals surface area contributed by atoms with E-state index < -0.39 is 0 Å². The van der Waals surface area contributed by atoms with Crippen LogP contribution in [0.1, 0.15) is 38.5 Å². The maximum atomic E-state index is 2.45. The molecule has 2 rings (SSSR count). The van der Waals surface area contributed by atoms with Crippen molar-refractivity contribution in [1.29, 1.82) is 0 Å². The van der Waals surface area contributed by atoms with Crippen molar-refractivity contribution >= 4 is 0 Å². The molecule has 0 aromatic carbocycles. The van der Waals surface area contributed by atoms with Crippen LogP contribution in [-0.4, -0.2) is 0 Å². The third-order valence-electron chi connectivity index (χ3n) is 3.25. The molecule has 0 fully saturated rings. The van der Waals surface area contributed by atoms with Gasteiger partial charge in [0, 0.05) is 5.92 Å². The molecular formula is C14H20. The Morgan fingerprint density at radius 3 is 2.14 bits per heavy atom. The van der Waals surface area contributed by atoms with Gasteiger partial charge < -0.3 is 0 Å². The SMILES string of the molecule is C1=C[C@H]2/C=C\CCCC/C=C/[C@@H]2CC1. The van der Waals surface area contributed by atoms with E-state index in [1.54, 1.807) is 0 Å². The lowest BCUT2D eigenvalue weighted by molar-refractivity contribution is 0.492. The van der Waals surface area contributed by atoms with Crippen LogP contribution in [0.3, 0.4) is 0 Å². The van der Waals surface area contributed by atoms with Gasteiger partial charge in [-0.25, -0.2) is 0 Å². The van der Waals surface area contributed by atoms with E-state index in [2.05, 4.69) is 36.5 Å². The normalized spacial score (nSPS) is 37.1. The monoisotopic (exact) mass is 188 g/mol. The Bertz CT molecular complexity index is 245. The van der Waals surface area contributed by atoms with Gasteiger partial charge >= 0.3 is 0 Å². The molecule has 0 aromatic heterocycles. The van der Waals surface area contributed by atoms with Crippen LogP contribution < -0.4 is 0 Å². The van der Waals surface area contributed by atoms with E-state index in [9.17, 15) is 0 Å². The van der Waals surface area contributed by atoms with Gasteiger partial charge in [0.1, 0.15) is 0 Å². The summed E-state index contributed by atoms with van der Waals surface area (Å²) in [6.45, 7) is 0. The lowest BCUT2D eigenvalue weighted by Crippen LogP contribution is -2.11. The van der Waals surface area contributed by atoms with Gasteiger partial charge in [-0.3, -0.25) is 0 Å². The van der Waals surface area contributed by atoms with Crippen molar-refractivity contribution in [1.82, 2.24) is 0 Å². The van der Waals surface area contributed by atoms with Crippen LogP contribution in [0.4, 0.5) is 0 Å². The van der Waals surface area contributed by atoms with Crippen molar-refractivity contribution in [3.05, 3.63) is 36.5 Å². The summed E-state index contributed by atoms with van der Waals surface area (Å²) in [6, 6.07) is 0. The molecule has 0 heteroatoms. The van der Waals surface area contributed by atoms with Crippen molar-refractivity contribution < 1.29 is 0 Å². The molecular weight excluding hydrogens is 168 g/mol. The fourth-order valence-electron chi connectivity index (χ4n) is 2.36. The highest BCUT2D eigenvalue weighted by Crippen LogP contribution is 2.28. The summed E-state index contributed by atoms with van der Waals surface area (Å²) in [5, 5.41) is 0. The van der Waals surface area contributed by atoms with Crippen LogP contribution in [0, 0.1) is 11.8 Å². The van der Waals surface area contributed by atoms with Crippen LogP contribution in [0.15, 0.2) is 36.5 Å². The molecule has 2 atom stereocenters. The number of hydrogen-bond acceptors (Lipinski definition) is 0. The van der Waals surface area contributed by atoms with Gasteiger partial charge in [0.05, 0.1) is 0 Å². The zero-order chi connectivity index (χ0) is 9.64. The molecule has 76 valence electrons. The summed E-state index contributed by atoms with van der Waals surface area (Å²) in [5.74, 6) is 1.45. The number of hydrogen-bond donors (Lipinski definition) is 0. The van der Waals surface area contributed by atoms with E-state index in [1.165, 1.54) is 38.5 Å². The Morgan fingerprint density at radius 1 is 0.714 bits per heavy atom. The highest BCUT2D eigenvalue weighted by atomic mass is 14.2. The van der Waals surface area contributed by atoms with Crippen LogP contribution in [-0.2, 0) is 0 Å². The first-order chi connectivity index (χ1) is 6.97. The summed E-state index contributed by atoms with van der Waals surface area (Å²) in [5.41, 5.74) is 0. The van der Waals surface area contributed by atoms with Crippen molar-refractivity contribution in [3.63, 3.8) is 0 Å². The molecule has 14 heavy (non-hydrogen) atoms. The maximum absolute atomic E-state index is 2.45. The van der Waals surface area contributed by atoms with E-state index in [-0.39, 0.29) is 0 Å². The van der Waals surface area contributed by atoms with Crippen molar-refractivity contribution in [2.24, 2.45) is 11.8 Å². The van der Waals surface area contributed by atoms with Crippen LogP contribution in [0.25, 0.3) is 0 Å². The van der Waals surface area contributed by atoms with E-state index in [4.69, 9.17) is 0 Å². The maximum Gasteiger partial charge on any atom is 0.000947 e. The van der Waals surface area contributed by atoms with E-state index in [0.717, 1.165) is 5.92 Å². The van der Waals surface area contributed by atoms with Crippen LogP contribution in [0.2, 0.25) is 0 Å². The Kier molecular flexibility index (Phi) is 3.62. The van der Waals surface area contributed by atoms with Crippen LogP contribution in [0.5, 0.6) is 0 Å². The van der Waals surface area contributed by atoms with E-state index >= 15 is 0 Å². The molecule has 0 unspecified atom stereocenters. The van der Waals surface area contributed by atoms with Gasteiger partial charge in [0.25, 0.3) is 0 Å². The van der Waals surface area contributed by atoms with Crippen molar-refractivity contribution in [3.8, 4) is 0 Å². The summed E-state index contributed by atoms with van der Waals surface area (Å²) in [4.78, 5) is 0. The highest BCUT2D eigenvalue weighted by molar-refractivity contribution is 5.11. The molecule has 0 saturated carbocycles. The molecule has 0 nitrogen and oxygen atoms in total. The van der Waals surface area contributed by atoms with Crippen molar-refractivity contribution in [2.45, 2.75) is 38.5 Å². The van der Waals surface area contributed by atoms with Gasteiger partial charge in [-0.05, 0) is 44.4 Å². The first kappa shape index (κ1) is 9.76. The predicted octanol–water partition coefficient (Wildman–Crippen LogP) is 4.26. The number of allylic oxidation sites excluding steroid dienone is 6. The van der Waals surface area contributed by atoms with E-state index in [0.29, 0.717) is 5.92 Å². The Hall–Kier alpha value is -0.780. The Balaban J connectivity index is 2.08. The summed E-state index contributed by atoms with van der Waals surface area (Å²) in [7, 11) is 0. The first-order valence-electron chi connectivity index (χ1n) is 5.97. The fraction of sp³-hybridized carbons (Fsp3) is 0.571. The molecule has 0 radical (unpaired) electrons. The molecule has 0 aromatic rings. The standard InChI is InChI=1S/C14H20/c1-2-4-6-10-14-12-8-7-11-13(14)9-5-3-1/h5-7,9-11,13-14H,1-4,8,12H2/b9-5-,10-6+/t13-,14-/m1/s1. The minimum Gasteiger partial charge on any atom is -0.0882 e.